The highest BCUT2D eigenvalue weighted by molar-refractivity contribution is 7.77. The second-order valence-corrected chi connectivity index (χ2v) is 2.61. The number of hydrogen-bond donors (Lipinski definition) is 2. The van der Waals surface area contributed by atoms with E-state index in [1.807, 2.05) is 12.1 Å². The number of rotatable bonds is 1. The molecule has 0 aliphatic carbocycles. The summed E-state index contributed by atoms with van der Waals surface area (Å²) < 4.78 is 1.22. The van der Waals surface area contributed by atoms with E-state index < -0.39 is 0 Å². The first-order chi connectivity index (χ1) is 5.86. The maximum absolute atomic E-state index is 5.15. The molecule has 0 bridgehead atoms. The van der Waals surface area contributed by atoms with Gasteiger partial charge >= 0.3 is 0 Å². The van der Waals surface area contributed by atoms with E-state index in [2.05, 4.69) is 23.2 Å². The van der Waals surface area contributed by atoms with Crippen LogP contribution in [-0.4, -0.2) is 9.56 Å². The average Bonchev–Trinajstić information content (AvgIpc) is 2.54. The zero-order valence-electron chi connectivity index (χ0n) is 6.14. The van der Waals surface area contributed by atoms with Gasteiger partial charge in [-0.3, -0.25) is 10.4 Å². The van der Waals surface area contributed by atoms with Crippen molar-refractivity contribution >= 4 is 18.6 Å². The van der Waals surface area contributed by atoms with E-state index in [9.17, 15) is 0 Å². The van der Waals surface area contributed by atoms with Gasteiger partial charge in [0, 0.05) is 22.5 Å². The molecule has 2 rings (SSSR count). The lowest BCUT2D eigenvalue weighted by Crippen LogP contribution is -2.16. The molecule has 12 heavy (non-hydrogen) atoms. The second kappa shape index (κ2) is 3.04. The van der Waals surface area contributed by atoms with Crippen LogP contribution in [0.1, 0.15) is 5.56 Å². The van der Waals surface area contributed by atoms with Crippen LogP contribution in [0.4, 0.5) is 0 Å². The van der Waals surface area contributed by atoms with Gasteiger partial charge in [0.15, 0.2) is 5.76 Å². The molecule has 0 fully saturated rings. The van der Waals surface area contributed by atoms with Crippen LogP contribution in [-0.2, 0) is 4.84 Å². The van der Waals surface area contributed by atoms with Crippen LogP contribution in [0.2, 0.25) is 0 Å². The molecule has 0 atom stereocenters. The van der Waals surface area contributed by atoms with E-state index in [4.69, 9.17) is 4.84 Å². The van der Waals surface area contributed by atoms with Crippen LogP contribution in [0.15, 0.2) is 30.7 Å². The Kier molecular flexibility index (Phi) is 1.89. The first-order valence-corrected chi connectivity index (χ1v) is 3.80. The van der Waals surface area contributed by atoms with Crippen molar-refractivity contribution in [3.05, 3.63) is 36.3 Å². The predicted octanol–water partition coefficient (Wildman–Crippen LogP) is 0.977. The lowest BCUT2D eigenvalue weighted by molar-refractivity contribution is 0.0102. The van der Waals surface area contributed by atoms with E-state index in [0.717, 1.165) is 5.56 Å². The number of aromatic nitrogens is 1. The van der Waals surface area contributed by atoms with Gasteiger partial charge in [-0.15, -0.1) is 0 Å². The molecular weight excluding hydrogens is 174 g/mol. The molecule has 5 heteroatoms. The summed E-state index contributed by atoms with van der Waals surface area (Å²) >= 11 is 3.93. The standard InChI is InChI=1S/C7H7N3OS/c12-10-9-5-7(11-10)6-2-1-3-8-4-6/h1-5,9,12H. The number of nitrogens with zero attached hydrogens (tertiary/aromatic N) is 2. The number of pyridine rings is 1. The minimum atomic E-state index is 0.707. The van der Waals surface area contributed by atoms with Gasteiger partial charge < -0.3 is 4.84 Å². The summed E-state index contributed by atoms with van der Waals surface area (Å²) in [4.78, 5) is 9.12. The normalized spacial score (nSPS) is 16.6. The van der Waals surface area contributed by atoms with Gasteiger partial charge in [-0.05, 0) is 24.9 Å². The zero-order valence-corrected chi connectivity index (χ0v) is 7.03. The number of hydrazine groups is 1. The van der Waals surface area contributed by atoms with Crippen molar-refractivity contribution in [3.63, 3.8) is 0 Å². The Morgan fingerprint density at radius 3 is 3.08 bits per heavy atom. The summed E-state index contributed by atoms with van der Waals surface area (Å²) in [5.74, 6) is 0.707. The van der Waals surface area contributed by atoms with Gasteiger partial charge in [0.1, 0.15) is 0 Å². The van der Waals surface area contributed by atoms with E-state index >= 15 is 0 Å². The first-order valence-electron chi connectivity index (χ1n) is 3.40. The van der Waals surface area contributed by atoms with Crippen molar-refractivity contribution in [1.29, 1.82) is 0 Å². The molecule has 0 aromatic carbocycles. The van der Waals surface area contributed by atoms with E-state index in [1.165, 1.54) is 4.58 Å². The molecule has 1 N–H and O–H groups in total. The summed E-state index contributed by atoms with van der Waals surface area (Å²) in [5.41, 5.74) is 3.67. The van der Waals surface area contributed by atoms with Gasteiger partial charge in [0.25, 0.3) is 0 Å². The van der Waals surface area contributed by atoms with Crippen molar-refractivity contribution in [2.75, 3.05) is 0 Å². The van der Waals surface area contributed by atoms with Gasteiger partial charge in [-0.1, -0.05) is 0 Å². The highest BCUT2D eigenvalue weighted by Gasteiger charge is 2.12. The maximum Gasteiger partial charge on any atom is 0.177 e. The molecule has 1 aliphatic heterocycles. The van der Waals surface area contributed by atoms with E-state index in [0.29, 0.717) is 5.76 Å². The summed E-state index contributed by atoms with van der Waals surface area (Å²) in [6.07, 6.45) is 5.15. The molecule has 0 saturated heterocycles. The maximum atomic E-state index is 5.15. The predicted molar refractivity (Wildman–Crippen MR) is 47.3 cm³/mol. The van der Waals surface area contributed by atoms with Crippen molar-refractivity contribution in [2.24, 2.45) is 0 Å². The second-order valence-electron chi connectivity index (χ2n) is 2.24. The Hall–Kier alpha value is -1.20. The molecule has 0 radical (unpaired) electrons. The van der Waals surface area contributed by atoms with Crippen molar-refractivity contribution in [3.8, 4) is 0 Å². The number of thiol groups is 1. The molecule has 0 spiro atoms. The molecule has 1 aromatic heterocycles. The lowest BCUT2D eigenvalue weighted by atomic mass is 10.2. The molecular formula is C7H7N3OS. The number of hydrogen-bond acceptors (Lipinski definition) is 5. The number of nitrogens with one attached hydrogen (secondary N) is 1. The van der Waals surface area contributed by atoms with Crippen LogP contribution in [0, 0.1) is 0 Å². The van der Waals surface area contributed by atoms with Gasteiger partial charge in [0.05, 0.1) is 6.20 Å². The largest absolute Gasteiger partial charge is 0.373 e. The van der Waals surface area contributed by atoms with E-state index in [-0.39, 0.29) is 0 Å². The van der Waals surface area contributed by atoms with Gasteiger partial charge in [-0.25, -0.2) is 0 Å². The highest BCUT2D eigenvalue weighted by Crippen LogP contribution is 2.19. The molecule has 0 unspecified atom stereocenters. The fourth-order valence-corrected chi connectivity index (χ4v) is 1.05. The fraction of sp³-hybridized carbons (Fsp3) is 0. The Labute approximate surface area is 75.3 Å². The molecule has 2 heterocycles. The Morgan fingerprint density at radius 1 is 1.58 bits per heavy atom. The van der Waals surface area contributed by atoms with Crippen molar-refractivity contribution < 1.29 is 4.84 Å². The summed E-state index contributed by atoms with van der Waals surface area (Å²) in [7, 11) is 0. The van der Waals surface area contributed by atoms with Crippen LogP contribution in [0.3, 0.4) is 0 Å². The summed E-state index contributed by atoms with van der Waals surface area (Å²) in [6, 6.07) is 3.76. The Morgan fingerprint density at radius 2 is 2.50 bits per heavy atom. The van der Waals surface area contributed by atoms with Crippen LogP contribution < -0.4 is 5.43 Å². The Balaban J connectivity index is 2.22. The topological polar surface area (TPSA) is 37.4 Å². The smallest absolute Gasteiger partial charge is 0.177 e. The third kappa shape index (κ3) is 1.37. The highest BCUT2D eigenvalue weighted by atomic mass is 32.1. The quantitative estimate of drug-likeness (QED) is 0.633. The third-order valence-electron chi connectivity index (χ3n) is 1.44. The van der Waals surface area contributed by atoms with Crippen molar-refractivity contribution in [2.45, 2.75) is 0 Å². The van der Waals surface area contributed by atoms with Gasteiger partial charge in [0.2, 0.25) is 0 Å². The minimum Gasteiger partial charge on any atom is -0.373 e. The average molecular weight is 181 g/mol. The SMILES string of the molecule is SN1NC=C(c2cccnc2)O1. The van der Waals surface area contributed by atoms with Crippen LogP contribution >= 0.6 is 12.8 Å². The summed E-state index contributed by atoms with van der Waals surface area (Å²) in [5, 5.41) is 0. The van der Waals surface area contributed by atoms with Gasteiger partial charge in [-0.2, -0.15) is 0 Å². The zero-order chi connectivity index (χ0) is 8.39. The molecule has 62 valence electrons. The molecule has 0 amide bonds. The van der Waals surface area contributed by atoms with Crippen LogP contribution in [0.5, 0.6) is 0 Å². The van der Waals surface area contributed by atoms with E-state index in [1.54, 1.807) is 18.6 Å². The monoisotopic (exact) mass is 181 g/mol. The fourth-order valence-electron chi connectivity index (χ4n) is 0.904. The first kappa shape index (κ1) is 7.45. The third-order valence-corrected chi connectivity index (χ3v) is 1.63. The molecule has 1 aliphatic rings. The minimum absolute atomic E-state index is 0.707. The lowest BCUT2D eigenvalue weighted by Gasteiger charge is -2.06. The molecule has 0 saturated carbocycles. The van der Waals surface area contributed by atoms with Crippen LogP contribution in [0.25, 0.3) is 5.76 Å². The molecule has 1 aromatic rings. The van der Waals surface area contributed by atoms with Crippen molar-refractivity contribution in [1.82, 2.24) is 15.0 Å². The summed E-state index contributed by atoms with van der Waals surface area (Å²) in [6.45, 7) is 0. The Bertz CT molecular complexity index is 301. The molecule has 4 nitrogen and oxygen atoms in total.